The topological polar surface area (TPSA) is 29.1 Å². The normalized spacial score (nSPS) is 24.7. The van der Waals surface area contributed by atoms with E-state index in [0.29, 0.717) is 24.3 Å². The van der Waals surface area contributed by atoms with Crippen LogP contribution in [0.3, 0.4) is 0 Å². The molecule has 1 aromatic carbocycles. The molecule has 1 aliphatic carbocycles. The minimum Gasteiger partial charge on any atom is -0.353 e. The van der Waals surface area contributed by atoms with Gasteiger partial charge in [0.2, 0.25) is 5.91 Å². The van der Waals surface area contributed by atoms with Crippen LogP contribution >= 0.6 is 0 Å². The Morgan fingerprint density at radius 1 is 1.26 bits per heavy atom. The van der Waals surface area contributed by atoms with Crippen molar-refractivity contribution in [1.29, 1.82) is 0 Å². The third-order valence-electron chi connectivity index (χ3n) is 4.32. The van der Waals surface area contributed by atoms with Crippen molar-refractivity contribution in [2.24, 2.45) is 5.92 Å². The fraction of sp³-hybridized carbons (Fsp3) is 0.588. The van der Waals surface area contributed by atoms with E-state index in [4.69, 9.17) is 0 Å². The molecule has 1 N–H and O–H groups in total. The lowest BCUT2D eigenvalue weighted by atomic mass is 9.85. The first-order chi connectivity index (χ1) is 9.16. The Hall–Kier alpha value is -1.31. The van der Waals surface area contributed by atoms with E-state index in [9.17, 15) is 4.79 Å². The van der Waals surface area contributed by atoms with E-state index < -0.39 is 0 Å². The largest absolute Gasteiger partial charge is 0.353 e. The van der Waals surface area contributed by atoms with Gasteiger partial charge in [-0.05, 0) is 30.2 Å². The number of hydrogen-bond acceptors (Lipinski definition) is 1. The van der Waals surface area contributed by atoms with Crippen molar-refractivity contribution in [3.63, 3.8) is 0 Å². The summed E-state index contributed by atoms with van der Waals surface area (Å²) in [7, 11) is 0. The molecule has 1 saturated carbocycles. The Morgan fingerprint density at radius 2 is 1.95 bits per heavy atom. The highest BCUT2D eigenvalue weighted by molar-refractivity contribution is 5.77. The molecule has 0 radical (unpaired) electrons. The van der Waals surface area contributed by atoms with Crippen LogP contribution in [-0.2, 0) is 4.79 Å². The third kappa shape index (κ3) is 4.09. The smallest absolute Gasteiger partial charge is 0.220 e. The molecular weight excluding hydrogens is 234 g/mol. The van der Waals surface area contributed by atoms with Gasteiger partial charge in [0, 0.05) is 12.5 Å². The molecule has 2 heteroatoms. The zero-order chi connectivity index (χ0) is 13.7. The third-order valence-corrected chi connectivity index (χ3v) is 4.32. The molecule has 1 aromatic rings. The van der Waals surface area contributed by atoms with Gasteiger partial charge >= 0.3 is 0 Å². The summed E-state index contributed by atoms with van der Waals surface area (Å²) in [6, 6.07) is 10.7. The van der Waals surface area contributed by atoms with Gasteiger partial charge in [-0.2, -0.15) is 0 Å². The number of amides is 1. The van der Waals surface area contributed by atoms with Crippen LogP contribution in [0.1, 0.15) is 57.4 Å². The first kappa shape index (κ1) is 14.1. The number of hydrogen-bond donors (Lipinski definition) is 1. The molecule has 0 spiro atoms. The van der Waals surface area contributed by atoms with Gasteiger partial charge in [0.15, 0.2) is 0 Å². The lowest BCUT2D eigenvalue weighted by molar-refractivity contribution is -0.122. The minimum atomic E-state index is 0.204. The van der Waals surface area contributed by atoms with E-state index in [1.54, 1.807) is 0 Å². The average molecular weight is 259 g/mol. The highest BCUT2D eigenvalue weighted by Gasteiger charge is 2.23. The van der Waals surface area contributed by atoms with E-state index in [1.165, 1.54) is 24.8 Å². The first-order valence-electron chi connectivity index (χ1n) is 7.51. The van der Waals surface area contributed by atoms with Crippen molar-refractivity contribution in [2.45, 2.75) is 57.9 Å². The maximum Gasteiger partial charge on any atom is 0.220 e. The highest BCUT2D eigenvalue weighted by atomic mass is 16.1. The molecule has 19 heavy (non-hydrogen) atoms. The summed E-state index contributed by atoms with van der Waals surface area (Å²) in [6.07, 6.45) is 5.55. The lowest BCUT2D eigenvalue weighted by Gasteiger charge is -2.29. The molecule has 0 heterocycles. The second kappa shape index (κ2) is 6.74. The molecule has 2 nitrogen and oxygen atoms in total. The predicted octanol–water partition coefficient (Wildman–Crippen LogP) is 3.88. The molecule has 2 rings (SSSR count). The number of nitrogens with one attached hydrogen (secondary N) is 1. The van der Waals surface area contributed by atoms with Crippen LogP contribution in [0, 0.1) is 5.92 Å². The van der Waals surface area contributed by atoms with Crippen molar-refractivity contribution >= 4 is 5.91 Å². The summed E-state index contributed by atoms with van der Waals surface area (Å²) in [5.41, 5.74) is 1.24. The van der Waals surface area contributed by atoms with Crippen LogP contribution in [-0.4, -0.2) is 11.9 Å². The molecule has 0 aromatic heterocycles. The zero-order valence-corrected chi connectivity index (χ0v) is 12.1. The van der Waals surface area contributed by atoms with E-state index in [-0.39, 0.29) is 5.91 Å². The van der Waals surface area contributed by atoms with Crippen LogP contribution in [0.15, 0.2) is 30.3 Å². The van der Waals surface area contributed by atoms with E-state index in [1.807, 2.05) is 18.2 Å². The van der Waals surface area contributed by atoms with Gasteiger partial charge in [-0.15, -0.1) is 0 Å². The number of rotatable bonds is 4. The molecule has 1 amide bonds. The number of carbonyl (C=O) groups is 1. The summed E-state index contributed by atoms with van der Waals surface area (Å²) < 4.78 is 0. The molecule has 3 atom stereocenters. The first-order valence-corrected chi connectivity index (χ1v) is 7.51. The summed E-state index contributed by atoms with van der Waals surface area (Å²) in [6.45, 7) is 4.38. The second-order valence-electron chi connectivity index (χ2n) is 5.95. The van der Waals surface area contributed by atoms with Crippen LogP contribution in [0.4, 0.5) is 0 Å². The fourth-order valence-electron chi connectivity index (χ4n) is 2.97. The van der Waals surface area contributed by atoms with Crippen LogP contribution in [0.5, 0.6) is 0 Å². The van der Waals surface area contributed by atoms with Gasteiger partial charge in [-0.3, -0.25) is 4.79 Å². The van der Waals surface area contributed by atoms with Crippen LogP contribution in [0.25, 0.3) is 0 Å². The molecule has 0 bridgehead atoms. The van der Waals surface area contributed by atoms with Gasteiger partial charge in [0.1, 0.15) is 0 Å². The summed E-state index contributed by atoms with van der Waals surface area (Å²) in [5.74, 6) is 1.12. The van der Waals surface area contributed by atoms with Gasteiger partial charge in [-0.1, -0.05) is 57.0 Å². The predicted molar refractivity (Wildman–Crippen MR) is 79.0 cm³/mol. The van der Waals surface area contributed by atoms with Crippen molar-refractivity contribution in [2.75, 3.05) is 0 Å². The van der Waals surface area contributed by atoms with Crippen molar-refractivity contribution in [3.8, 4) is 0 Å². The Balaban J connectivity index is 1.84. The standard InChI is InChI=1S/C17H25NO/c1-13-8-6-7-11-16(13)18-17(19)12-14(2)15-9-4-3-5-10-15/h3-5,9-10,13-14,16H,6-8,11-12H2,1-2H3,(H,18,19). The van der Waals surface area contributed by atoms with Crippen molar-refractivity contribution in [1.82, 2.24) is 5.32 Å². The van der Waals surface area contributed by atoms with Gasteiger partial charge in [0.25, 0.3) is 0 Å². The molecule has 3 unspecified atom stereocenters. The van der Waals surface area contributed by atoms with E-state index in [0.717, 1.165) is 6.42 Å². The summed E-state index contributed by atoms with van der Waals surface area (Å²) in [4.78, 5) is 12.1. The molecule has 0 aliphatic heterocycles. The Bertz CT molecular complexity index is 401. The minimum absolute atomic E-state index is 0.204. The lowest BCUT2D eigenvalue weighted by Crippen LogP contribution is -2.41. The van der Waals surface area contributed by atoms with Gasteiger partial charge in [-0.25, -0.2) is 0 Å². The van der Waals surface area contributed by atoms with E-state index >= 15 is 0 Å². The molecule has 0 saturated heterocycles. The van der Waals surface area contributed by atoms with Crippen molar-refractivity contribution < 1.29 is 4.79 Å². The summed E-state index contributed by atoms with van der Waals surface area (Å²) in [5, 5.41) is 3.23. The molecule has 104 valence electrons. The van der Waals surface area contributed by atoms with Crippen molar-refractivity contribution in [3.05, 3.63) is 35.9 Å². The highest BCUT2D eigenvalue weighted by Crippen LogP contribution is 2.24. The van der Waals surface area contributed by atoms with Gasteiger partial charge in [0.05, 0.1) is 0 Å². The fourth-order valence-corrected chi connectivity index (χ4v) is 2.97. The monoisotopic (exact) mass is 259 g/mol. The maximum atomic E-state index is 12.1. The summed E-state index contributed by atoms with van der Waals surface area (Å²) >= 11 is 0. The number of carbonyl (C=O) groups excluding carboxylic acids is 1. The zero-order valence-electron chi connectivity index (χ0n) is 12.1. The molecule has 1 fully saturated rings. The van der Waals surface area contributed by atoms with Gasteiger partial charge < -0.3 is 5.32 Å². The molecule has 1 aliphatic rings. The Labute approximate surface area is 116 Å². The Kier molecular flexibility index (Phi) is 5.00. The molecular formula is C17H25NO. The maximum absolute atomic E-state index is 12.1. The van der Waals surface area contributed by atoms with Crippen LogP contribution < -0.4 is 5.32 Å². The van der Waals surface area contributed by atoms with E-state index in [2.05, 4.69) is 31.3 Å². The Morgan fingerprint density at radius 3 is 2.63 bits per heavy atom. The SMILES string of the molecule is CC(CC(=O)NC1CCCCC1C)c1ccccc1. The second-order valence-corrected chi connectivity index (χ2v) is 5.95. The average Bonchev–Trinajstić information content (AvgIpc) is 2.42. The van der Waals surface area contributed by atoms with Crippen LogP contribution in [0.2, 0.25) is 0 Å². The quantitative estimate of drug-likeness (QED) is 0.873. The number of benzene rings is 1.